The van der Waals surface area contributed by atoms with E-state index in [1.54, 1.807) is 24.3 Å². The second kappa shape index (κ2) is 4.44. The fraction of sp³-hybridized carbons (Fsp3) is 0. The third-order valence-electron chi connectivity index (χ3n) is 2.83. The van der Waals surface area contributed by atoms with Gasteiger partial charge in [-0.25, -0.2) is 4.79 Å². The van der Waals surface area contributed by atoms with Gasteiger partial charge in [0.2, 0.25) is 0 Å². The Morgan fingerprint density at radius 2 is 1.89 bits per heavy atom. The Morgan fingerprint density at radius 3 is 2.68 bits per heavy atom. The van der Waals surface area contributed by atoms with Crippen molar-refractivity contribution in [3.8, 4) is 0 Å². The Labute approximate surface area is 113 Å². The first-order valence-electron chi connectivity index (χ1n) is 5.61. The first-order chi connectivity index (χ1) is 9.15. The van der Waals surface area contributed by atoms with Crippen LogP contribution in [-0.2, 0) is 0 Å². The van der Waals surface area contributed by atoms with E-state index in [1.165, 1.54) is 17.8 Å². The van der Waals surface area contributed by atoms with Gasteiger partial charge < -0.3 is 10.4 Å². The summed E-state index contributed by atoms with van der Waals surface area (Å²) in [6.07, 6.45) is 0. The maximum absolute atomic E-state index is 12.0. The van der Waals surface area contributed by atoms with Crippen LogP contribution in [0.4, 0.5) is 5.69 Å². The Kier molecular flexibility index (Phi) is 2.76. The maximum Gasteiger partial charge on any atom is 0.335 e. The molecule has 0 radical (unpaired) electrons. The van der Waals surface area contributed by atoms with Crippen molar-refractivity contribution >= 4 is 29.3 Å². The van der Waals surface area contributed by atoms with Gasteiger partial charge in [-0.2, -0.15) is 0 Å². The molecule has 0 saturated heterocycles. The standard InChI is InChI=1S/C14H9NO3S/c16-13-9-3-1-2-4-11(9)19-12-7-8(14(17)18)5-6-10(12)15-13/h1-7H,(H,15,16)(H,17,18). The molecule has 1 aliphatic heterocycles. The average molecular weight is 271 g/mol. The van der Waals surface area contributed by atoms with Crippen LogP contribution in [0.2, 0.25) is 0 Å². The van der Waals surface area contributed by atoms with Crippen molar-refractivity contribution in [1.82, 2.24) is 0 Å². The lowest BCUT2D eigenvalue weighted by atomic mass is 10.2. The van der Waals surface area contributed by atoms with Gasteiger partial charge in [0.25, 0.3) is 5.91 Å². The van der Waals surface area contributed by atoms with Gasteiger partial charge in [0.15, 0.2) is 0 Å². The highest BCUT2D eigenvalue weighted by Crippen LogP contribution is 2.38. The molecule has 0 unspecified atom stereocenters. The number of carbonyl (C=O) groups is 2. The quantitative estimate of drug-likeness (QED) is 0.836. The number of rotatable bonds is 1. The molecule has 0 fully saturated rings. The van der Waals surface area contributed by atoms with Gasteiger partial charge in [-0.05, 0) is 30.3 Å². The number of anilines is 1. The fourth-order valence-corrected chi connectivity index (χ4v) is 2.96. The van der Waals surface area contributed by atoms with E-state index in [1.807, 2.05) is 12.1 Å². The molecule has 19 heavy (non-hydrogen) atoms. The number of amides is 1. The van der Waals surface area contributed by atoms with Gasteiger partial charge in [-0.3, -0.25) is 4.79 Å². The minimum Gasteiger partial charge on any atom is -0.478 e. The number of fused-ring (bicyclic) bond motifs is 2. The lowest BCUT2D eigenvalue weighted by Crippen LogP contribution is -2.11. The summed E-state index contributed by atoms with van der Waals surface area (Å²) < 4.78 is 0. The van der Waals surface area contributed by atoms with Crippen molar-refractivity contribution < 1.29 is 14.7 Å². The minimum atomic E-state index is -0.979. The zero-order valence-corrected chi connectivity index (χ0v) is 10.5. The lowest BCUT2D eigenvalue weighted by molar-refractivity contribution is 0.0696. The van der Waals surface area contributed by atoms with Crippen LogP contribution < -0.4 is 5.32 Å². The molecule has 2 N–H and O–H groups in total. The molecular formula is C14H9NO3S. The van der Waals surface area contributed by atoms with E-state index in [9.17, 15) is 9.59 Å². The SMILES string of the molecule is O=C(O)c1ccc2c(c1)Sc1ccccc1C(=O)N2. The van der Waals surface area contributed by atoms with E-state index < -0.39 is 5.97 Å². The van der Waals surface area contributed by atoms with E-state index in [4.69, 9.17) is 5.11 Å². The molecule has 0 saturated carbocycles. The van der Waals surface area contributed by atoms with Crippen molar-refractivity contribution in [3.05, 3.63) is 53.6 Å². The summed E-state index contributed by atoms with van der Waals surface area (Å²) >= 11 is 1.39. The number of hydrogen-bond acceptors (Lipinski definition) is 3. The zero-order chi connectivity index (χ0) is 13.4. The van der Waals surface area contributed by atoms with Gasteiger partial charge in [-0.1, -0.05) is 23.9 Å². The predicted molar refractivity (Wildman–Crippen MR) is 71.9 cm³/mol. The van der Waals surface area contributed by atoms with Crippen LogP contribution in [0.25, 0.3) is 0 Å². The zero-order valence-electron chi connectivity index (χ0n) is 9.71. The Hall–Kier alpha value is -2.27. The number of aromatic carboxylic acids is 1. The highest BCUT2D eigenvalue weighted by atomic mass is 32.2. The van der Waals surface area contributed by atoms with Crippen LogP contribution in [0.5, 0.6) is 0 Å². The topological polar surface area (TPSA) is 66.4 Å². The molecule has 0 spiro atoms. The first-order valence-corrected chi connectivity index (χ1v) is 6.42. The van der Waals surface area contributed by atoms with Crippen LogP contribution in [-0.4, -0.2) is 17.0 Å². The Balaban J connectivity index is 2.14. The summed E-state index contributed by atoms with van der Waals surface area (Å²) in [5, 5.41) is 11.8. The molecule has 0 aliphatic carbocycles. The van der Waals surface area contributed by atoms with Crippen LogP contribution in [0.15, 0.2) is 52.3 Å². The molecule has 1 aliphatic rings. The van der Waals surface area contributed by atoms with E-state index in [0.717, 1.165) is 9.79 Å². The van der Waals surface area contributed by atoms with Gasteiger partial charge >= 0.3 is 5.97 Å². The summed E-state index contributed by atoms with van der Waals surface area (Å²) in [7, 11) is 0. The van der Waals surface area contributed by atoms with Gasteiger partial charge in [0.1, 0.15) is 0 Å². The van der Waals surface area contributed by atoms with Crippen molar-refractivity contribution in [2.24, 2.45) is 0 Å². The summed E-state index contributed by atoms with van der Waals surface area (Å²) in [6, 6.07) is 11.9. The molecule has 94 valence electrons. The van der Waals surface area contributed by atoms with Crippen LogP contribution in [0, 0.1) is 0 Å². The Bertz CT molecular complexity index is 697. The molecule has 2 aromatic rings. The number of carboxylic acids is 1. The highest BCUT2D eigenvalue weighted by Gasteiger charge is 2.20. The number of benzene rings is 2. The molecule has 0 aromatic heterocycles. The lowest BCUT2D eigenvalue weighted by Gasteiger charge is -2.06. The fourth-order valence-electron chi connectivity index (χ4n) is 1.89. The molecule has 0 atom stereocenters. The summed E-state index contributed by atoms with van der Waals surface area (Å²) in [5.41, 5.74) is 1.44. The Morgan fingerprint density at radius 1 is 1.11 bits per heavy atom. The smallest absolute Gasteiger partial charge is 0.335 e. The number of carbonyl (C=O) groups excluding carboxylic acids is 1. The third kappa shape index (κ3) is 2.08. The molecule has 1 amide bonds. The summed E-state index contributed by atoms with van der Waals surface area (Å²) in [4.78, 5) is 24.6. The molecule has 5 heteroatoms. The van der Waals surface area contributed by atoms with Gasteiger partial charge in [0.05, 0.1) is 16.8 Å². The third-order valence-corrected chi connectivity index (χ3v) is 3.96. The van der Waals surface area contributed by atoms with E-state index in [0.29, 0.717) is 11.3 Å². The normalized spacial score (nSPS) is 12.9. The maximum atomic E-state index is 12.0. The van der Waals surface area contributed by atoms with Gasteiger partial charge in [0, 0.05) is 9.79 Å². The van der Waals surface area contributed by atoms with E-state index in [-0.39, 0.29) is 11.5 Å². The van der Waals surface area contributed by atoms with Crippen molar-refractivity contribution in [3.63, 3.8) is 0 Å². The van der Waals surface area contributed by atoms with Crippen LogP contribution >= 0.6 is 11.8 Å². The number of carboxylic acid groups (broad SMARTS) is 1. The monoisotopic (exact) mass is 271 g/mol. The second-order valence-electron chi connectivity index (χ2n) is 4.07. The second-order valence-corrected chi connectivity index (χ2v) is 5.15. The van der Waals surface area contributed by atoms with Crippen molar-refractivity contribution in [2.45, 2.75) is 9.79 Å². The molecule has 1 heterocycles. The minimum absolute atomic E-state index is 0.176. The summed E-state index contributed by atoms with van der Waals surface area (Å²) in [6.45, 7) is 0. The molecule has 3 rings (SSSR count). The van der Waals surface area contributed by atoms with E-state index in [2.05, 4.69) is 5.32 Å². The first kappa shape index (κ1) is 11.8. The number of hydrogen-bond donors (Lipinski definition) is 2. The highest BCUT2D eigenvalue weighted by molar-refractivity contribution is 7.99. The van der Waals surface area contributed by atoms with Crippen molar-refractivity contribution in [2.75, 3.05) is 5.32 Å². The molecule has 4 nitrogen and oxygen atoms in total. The number of nitrogens with one attached hydrogen (secondary N) is 1. The molecular weight excluding hydrogens is 262 g/mol. The van der Waals surface area contributed by atoms with Crippen molar-refractivity contribution in [1.29, 1.82) is 0 Å². The average Bonchev–Trinajstić information content (AvgIpc) is 2.54. The molecule has 0 bridgehead atoms. The van der Waals surface area contributed by atoms with Crippen LogP contribution in [0.3, 0.4) is 0 Å². The largest absolute Gasteiger partial charge is 0.478 e. The van der Waals surface area contributed by atoms with Crippen LogP contribution in [0.1, 0.15) is 20.7 Å². The van der Waals surface area contributed by atoms with Gasteiger partial charge in [-0.15, -0.1) is 0 Å². The molecule has 2 aromatic carbocycles. The predicted octanol–water partition coefficient (Wildman–Crippen LogP) is 3.10. The summed E-state index contributed by atoms with van der Waals surface area (Å²) in [5.74, 6) is -1.16. The van der Waals surface area contributed by atoms with E-state index >= 15 is 0 Å².